The summed E-state index contributed by atoms with van der Waals surface area (Å²) >= 11 is 0. The minimum Gasteiger partial charge on any atom is -0.481 e. The van der Waals surface area contributed by atoms with Crippen LogP contribution in [0.2, 0.25) is 0 Å². The number of aromatic nitrogens is 4. The van der Waals surface area contributed by atoms with Crippen molar-refractivity contribution < 1.29 is 4.74 Å². The summed E-state index contributed by atoms with van der Waals surface area (Å²) in [5.74, 6) is 1.27. The van der Waals surface area contributed by atoms with Gasteiger partial charge in [-0.1, -0.05) is 18.2 Å². The Morgan fingerprint density at radius 1 is 1.14 bits per heavy atom. The number of pyridine rings is 1. The lowest BCUT2D eigenvalue weighted by molar-refractivity contribution is 0.401. The molecular weight excluding hydrogens is 264 g/mol. The molecule has 0 radical (unpaired) electrons. The van der Waals surface area contributed by atoms with Crippen LogP contribution in [0.25, 0.3) is 27.8 Å². The van der Waals surface area contributed by atoms with E-state index in [0.717, 1.165) is 22.0 Å². The Balaban J connectivity index is 1.98. The summed E-state index contributed by atoms with van der Waals surface area (Å²) in [5.41, 5.74) is 2.77. The first kappa shape index (κ1) is 11.8. The summed E-state index contributed by atoms with van der Waals surface area (Å²) in [7, 11) is 1.63. The van der Waals surface area contributed by atoms with Gasteiger partial charge in [0.15, 0.2) is 0 Å². The van der Waals surface area contributed by atoms with Gasteiger partial charge in [0.1, 0.15) is 0 Å². The van der Waals surface area contributed by atoms with Gasteiger partial charge in [-0.25, -0.2) is 15.0 Å². The maximum atomic E-state index is 5.44. The highest BCUT2D eigenvalue weighted by Crippen LogP contribution is 2.31. The molecule has 21 heavy (non-hydrogen) atoms. The van der Waals surface area contributed by atoms with E-state index in [2.05, 4.69) is 21.0 Å². The molecule has 0 N–H and O–H groups in total. The molecular formula is C16H12N4O. The van der Waals surface area contributed by atoms with E-state index in [-0.39, 0.29) is 0 Å². The molecule has 0 aliphatic heterocycles. The average molecular weight is 276 g/mol. The van der Waals surface area contributed by atoms with E-state index < -0.39 is 0 Å². The van der Waals surface area contributed by atoms with E-state index in [1.54, 1.807) is 19.5 Å². The quantitative estimate of drug-likeness (QED) is 0.565. The fraction of sp³-hybridized carbons (Fsp3) is 0.0625. The van der Waals surface area contributed by atoms with E-state index in [1.807, 2.05) is 41.1 Å². The molecule has 3 heterocycles. The number of para-hydroxylation sites is 1. The molecule has 0 spiro atoms. The number of methoxy groups -OCH3 is 1. The molecule has 5 nitrogen and oxygen atoms in total. The van der Waals surface area contributed by atoms with Gasteiger partial charge in [-0.3, -0.25) is 4.40 Å². The largest absolute Gasteiger partial charge is 0.481 e. The van der Waals surface area contributed by atoms with Crippen molar-refractivity contribution in [3.8, 4) is 17.0 Å². The van der Waals surface area contributed by atoms with Crippen molar-refractivity contribution in [1.82, 2.24) is 19.4 Å². The second-order valence-electron chi connectivity index (χ2n) is 4.72. The first-order chi connectivity index (χ1) is 10.3. The summed E-state index contributed by atoms with van der Waals surface area (Å²) in [4.78, 5) is 13.1. The number of fused-ring (bicyclic) bond motifs is 2. The van der Waals surface area contributed by atoms with E-state index in [9.17, 15) is 0 Å². The second-order valence-corrected chi connectivity index (χ2v) is 4.72. The van der Waals surface area contributed by atoms with Crippen molar-refractivity contribution >= 4 is 16.7 Å². The van der Waals surface area contributed by atoms with Gasteiger partial charge in [-0.2, -0.15) is 0 Å². The lowest BCUT2D eigenvalue weighted by Crippen LogP contribution is -1.95. The molecule has 1 aromatic carbocycles. The summed E-state index contributed by atoms with van der Waals surface area (Å²) in [5, 5.41) is 1.07. The summed E-state index contributed by atoms with van der Waals surface area (Å²) in [6, 6.07) is 10.0. The van der Waals surface area contributed by atoms with Crippen molar-refractivity contribution in [1.29, 1.82) is 0 Å². The third kappa shape index (κ3) is 1.90. The van der Waals surface area contributed by atoms with Crippen molar-refractivity contribution in [2.75, 3.05) is 7.11 Å². The predicted molar refractivity (Wildman–Crippen MR) is 80.3 cm³/mol. The molecule has 0 saturated carbocycles. The van der Waals surface area contributed by atoms with Gasteiger partial charge >= 0.3 is 0 Å². The second kappa shape index (κ2) is 4.56. The van der Waals surface area contributed by atoms with E-state index >= 15 is 0 Å². The first-order valence-corrected chi connectivity index (χ1v) is 6.58. The number of nitrogens with zero attached hydrogens (tertiary/aromatic N) is 4. The lowest BCUT2D eigenvalue weighted by Gasteiger charge is -2.09. The van der Waals surface area contributed by atoms with Crippen molar-refractivity contribution in [2.24, 2.45) is 0 Å². The highest BCUT2D eigenvalue weighted by molar-refractivity contribution is 5.86. The fourth-order valence-corrected chi connectivity index (χ4v) is 2.42. The molecule has 0 saturated heterocycles. The van der Waals surface area contributed by atoms with Crippen LogP contribution < -0.4 is 4.74 Å². The maximum absolute atomic E-state index is 5.44. The topological polar surface area (TPSA) is 52.3 Å². The third-order valence-corrected chi connectivity index (χ3v) is 3.44. The molecule has 4 rings (SSSR count). The SMILES string of the molecule is COc1nc2ccccc2cc1-c1cnc2nccn2c1. The van der Waals surface area contributed by atoms with Crippen LogP contribution >= 0.6 is 0 Å². The molecule has 3 aromatic heterocycles. The smallest absolute Gasteiger partial charge is 0.233 e. The predicted octanol–water partition coefficient (Wildman–Crippen LogP) is 2.95. The monoisotopic (exact) mass is 276 g/mol. The fourth-order valence-electron chi connectivity index (χ4n) is 2.42. The minimum absolute atomic E-state index is 0.593. The van der Waals surface area contributed by atoms with Crippen LogP contribution in [0.5, 0.6) is 5.88 Å². The highest BCUT2D eigenvalue weighted by Gasteiger charge is 2.11. The molecule has 0 atom stereocenters. The number of rotatable bonds is 2. The molecule has 0 fully saturated rings. The lowest BCUT2D eigenvalue weighted by atomic mass is 10.1. The van der Waals surface area contributed by atoms with Gasteiger partial charge in [0.05, 0.1) is 12.6 Å². The molecule has 0 amide bonds. The van der Waals surface area contributed by atoms with Crippen LogP contribution in [0.1, 0.15) is 0 Å². The third-order valence-electron chi connectivity index (χ3n) is 3.44. The van der Waals surface area contributed by atoms with E-state index in [4.69, 9.17) is 4.74 Å². The molecule has 102 valence electrons. The summed E-state index contributed by atoms with van der Waals surface area (Å²) in [6.45, 7) is 0. The Morgan fingerprint density at radius 2 is 2.05 bits per heavy atom. The Kier molecular flexibility index (Phi) is 2.57. The number of hydrogen-bond acceptors (Lipinski definition) is 4. The Labute approximate surface area is 120 Å². The highest BCUT2D eigenvalue weighted by atomic mass is 16.5. The Bertz CT molecular complexity index is 945. The Hall–Kier alpha value is -2.95. The van der Waals surface area contributed by atoms with E-state index in [1.165, 1.54) is 0 Å². The number of imidazole rings is 1. The van der Waals surface area contributed by atoms with Crippen molar-refractivity contribution in [2.45, 2.75) is 0 Å². The van der Waals surface area contributed by atoms with Crippen LogP contribution in [0.15, 0.2) is 55.1 Å². The van der Waals surface area contributed by atoms with E-state index in [0.29, 0.717) is 11.7 Å². The minimum atomic E-state index is 0.593. The zero-order valence-electron chi connectivity index (χ0n) is 11.4. The van der Waals surface area contributed by atoms with Crippen LogP contribution in [0.3, 0.4) is 0 Å². The zero-order valence-corrected chi connectivity index (χ0v) is 11.4. The molecule has 0 unspecified atom stereocenters. The molecule has 4 aromatic rings. The van der Waals surface area contributed by atoms with Crippen molar-refractivity contribution in [3.05, 3.63) is 55.1 Å². The normalized spacial score (nSPS) is 11.1. The summed E-state index contributed by atoms with van der Waals surface area (Å²) in [6.07, 6.45) is 7.36. The number of hydrogen-bond donors (Lipinski definition) is 0. The van der Waals surface area contributed by atoms with Gasteiger partial charge in [0.25, 0.3) is 0 Å². The van der Waals surface area contributed by atoms with Gasteiger partial charge in [0, 0.05) is 41.3 Å². The molecule has 0 aliphatic carbocycles. The zero-order chi connectivity index (χ0) is 14.2. The number of ether oxygens (including phenoxy) is 1. The van der Waals surface area contributed by atoms with Crippen LogP contribution in [0, 0.1) is 0 Å². The van der Waals surface area contributed by atoms with Gasteiger partial charge in [-0.15, -0.1) is 0 Å². The average Bonchev–Trinajstić information content (AvgIpc) is 3.01. The molecule has 5 heteroatoms. The van der Waals surface area contributed by atoms with Gasteiger partial charge in [-0.05, 0) is 12.1 Å². The van der Waals surface area contributed by atoms with Crippen LogP contribution in [-0.4, -0.2) is 26.5 Å². The van der Waals surface area contributed by atoms with Crippen LogP contribution in [0.4, 0.5) is 0 Å². The van der Waals surface area contributed by atoms with Crippen LogP contribution in [-0.2, 0) is 0 Å². The number of benzene rings is 1. The first-order valence-electron chi connectivity index (χ1n) is 6.58. The van der Waals surface area contributed by atoms with Gasteiger partial charge in [0.2, 0.25) is 11.7 Å². The molecule has 0 bridgehead atoms. The van der Waals surface area contributed by atoms with Gasteiger partial charge < -0.3 is 4.74 Å². The Morgan fingerprint density at radius 3 is 2.95 bits per heavy atom. The van der Waals surface area contributed by atoms with Crippen molar-refractivity contribution in [3.63, 3.8) is 0 Å². The maximum Gasteiger partial charge on any atom is 0.233 e. The summed E-state index contributed by atoms with van der Waals surface area (Å²) < 4.78 is 7.32. The molecule has 0 aliphatic rings. The standard InChI is InChI=1S/C16H12N4O/c1-21-15-13(8-11-4-2-3-5-14(11)19-15)12-9-18-16-17-6-7-20(16)10-12/h2-10H,1H3.